The van der Waals surface area contributed by atoms with Gasteiger partial charge in [0.25, 0.3) is 0 Å². The predicted molar refractivity (Wildman–Crippen MR) is 53.2 cm³/mol. The molecule has 1 amide bonds. The summed E-state index contributed by atoms with van der Waals surface area (Å²) in [5, 5.41) is 0. The van der Waals surface area contributed by atoms with E-state index < -0.39 is 0 Å². The van der Waals surface area contributed by atoms with E-state index in [9.17, 15) is 4.79 Å². The van der Waals surface area contributed by atoms with Crippen molar-refractivity contribution in [3.8, 4) is 0 Å². The molecule has 3 heteroatoms. The van der Waals surface area contributed by atoms with Gasteiger partial charge in [0.2, 0.25) is 5.91 Å². The number of hydrogen-bond donors (Lipinski definition) is 1. The summed E-state index contributed by atoms with van der Waals surface area (Å²) in [5.74, 6) is 0.253. The zero-order chi connectivity index (χ0) is 10.1. The molecular formula is C10H20N2O. The van der Waals surface area contributed by atoms with Gasteiger partial charge in [-0.2, -0.15) is 0 Å². The molecule has 2 N–H and O–H groups in total. The molecular weight excluding hydrogens is 164 g/mol. The molecule has 1 aliphatic rings. The first-order valence-corrected chi connectivity index (χ1v) is 5.02. The van der Waals surface area contributed by atoms with Crippen molar-refractivity contribution >= 4 is 5.91 Å². The van der Waals surface area contributed by atoms with Crippen molar-refractivity contribution < 1.29 is 4.79 Å². The molecule has 0 radical (unpaired) electrons. The Labute approximate surface area is 80.3 Å². The van der Waals surface area contributed by atoms with Crippen LogP contribution in [-0.2, 0) is 4.79 Å². The third kappa shape index (κ3) is 2.21. The summed E-state index contributed by atoms with van der Waals surface area (Å²) in [6.07, 6.45) is 1.84. The van der Waals surface area contributed by atoms with Crippen molar-refractivity contribution in [1.29, 1.82) is 0 Å². The zero-order valence-electron chi connectivity index (χ0n) is 8.84. The number of carbonyl (C=O) groups is 1. The van der Waals surface area contributed by atoms with Crippen LogP contribution in [0.1, 0.15) is 33.6 Å². The smallest absolute Gasteiger partial charge is 0.228 e. The van der Waals surface area contributed by atoms with Gasteiger partial charge in [-0.15, -0.1) is 0 Å². The van der Waals surface area contributed by atoms with Gasteiger partial charge in [0.15, 0.2) is 0 Å². The Bertz CT molecular complexity index is 201. The summed E-state index contributed by atoms with van der Waals surface area (Å²) < 4.78 is 0. The summed E-state index contributed by atoms with van der Waals surface area (Å²) in [5.41, 5.74) is 5.54. The van der Waals surface area contributed by atoms with Crippen LogP contribution in [0.4, 0.5) is 0 Å². The second-order valence-corrected chi connectivity index (χ2v) is 4.54. The molecule has 1 saturated heterocycles. The standard InChI is InChI=1S/C10H20N2O/c1-4-10(2,3)9(13)12-6-5-8(11)7-12/h8H,4-7,11H2,1-3H3. The Morgan fingerprint density at radius 1 is 1.62 bits per heavy atom. The van der Waals surface area contributed by atoms with Crippen LogP contribution < -0.4 is 5.73 Å². The molecule has 13 heavy (non-hydrogen) atoms. The van der Waals surface area contributed by atoms with E-state index in [2.05, 4.69) is 0 Å². The Morgan fingerprint density at radius 2 is 2.23 bits per heavy atom. The number of rotatable bonds is 2. The summed E-state index contributed by atoms with van der Waals surface area (Å²) in [7, 11) is 0. The van der Waals surface area contributed by atoms with Crippen LogP contribution in [-0.4, -0.2) is 29.9 Å². The second-order valence-electron chi connectivity index (χ2n) is 4.54. The third-order valence-electron chi connectivity index (χ3n) is 2.97. The fourth-order valence-electron chi connectivity index (χ4n) is 1.55. The highest BCUT2D eigenvalue weighted by Gasteiger charge is 2.33. The van der Waals surface area contributed by atoms with Crippen molar-refractivity contribution in [2.24, 2.45) is 11.1 Å². The van der Waals surface area contributed by atoms with Crippen molar-refractivity contribution in [3.63, 3.8) is 0 Å². The average molecular weight is 184 g/mol. The van der Waals surface area contributed by atoms with E-state index in [1.54, 1.807) is 0 Å². The Balaban J connectivity index is 2.58. The molecule has 1 unspecified atom stereocenters. The summed E-state index contributed by atoms with van der Waals surface area (Å²) in [6, 6.07) is 0.191. The van der Waals surface area contributed by atoms with Gasteiger partial charge < -0.3 is 10.6 Å². The molecule has 0 spiro atoms. The van der Waals surface area contributed by atoms with Gasteiger partial charge >= 0.3 is 0 Å². The highest BCUT2D eigenvalue weighted by atomic mass is 16.2. The number of nitrogens with zero attached hydrogens (tertiary/aromatic N) is 1. The van der Waals surface area contributed by atoms with Crippen LogP contribution in [0.5, 0.6) is 0 Å². The van der Waals surface area contributed by atoms with E-state index in [-0.39, 0.29) is 17.4 Å². The minimum absolute atomic E-state index is 0.191. The number of hydrogen-bond acceptors (Lipinski definition) is 2. The number of nitrogens with two attached hydrogens (primary N) is 1. The largest absolute Gasteiger partial charge is 0.341 e. The van der Waals surface area contributed by atoms with Crippen molar-refractivity contribution in [2.75, 3.05) is 13.1 Å². The van der Waals surface area contributed by atoms with Crippen molar-refractivity contribution in [3.05, 3.63) is 0 Å². The number of carbonyl (C=O) groups excluding carboxylic acids is 1. The maximum Gasteiger partial charge on any atom is 0.228 e. The molecule has 1 fully saturated rings. The Morgan fingerprint density at radius 3 is 2.62 bits per heavy atom. The lowest BCUT2D eigenvalue weighted by Crippen LogP contribution is -2.40. The quantitative estimate of drug-likeness (QED) is 0.695. The first-order chi connectivity index (χ1) is 5.97. The molecule has 76 valence electrons. The van der Waals surface area contributed by atoms with E-state index in [4.69, 9.17) is 5.73 Å². The van der Waals surface area contributed by atoms with Gasteiger partial charge in [0.1, 0.15) is 0 Å². The average Bonchev–Trinajstić information content (AvgIpc) is 2.50. The monoisotopic (exact) mass is 184 g/mol. The van der Waals surface area contributed by atoms with E-state index in [0.29, 0.717) is 0 Å². The van der Waals surface area contributed by atoms with Crippen LogP contribution in [0.3, 0.4) is 0 Å². The van der Waals surface area contributed by atoms with Gasteiger partial charge in [0, 0.05) is 24.5 Å². The molecule has 0 aromatic carbocycles. The molecule has 1 aliphatic heterocycles. The zero-order valence-corrected chi connectivity index (χ0v) is 8.84. The minimum atomic E-state index is -0.218. The summed E-state index contributed by atoms with van der Waals surface area (Å²) >= 11 is 0. The van der Waals surface area contributed by atoms with E-state index in [0.717, 1.165) is 25.9 Å². The first-order valence-electron chi connectivity index (χ1n) is 5.02. The molecule has 0 saturated carbocycles. The Kier molecular flexibility index (Phi) is 2.96. The molecule has 0 aromatic rings. The van der Waals surface area contributed by atoms with Crippen LogP contribution >= 0.6 is 0 Å². The maximum atomic E-state index is 11.9. The molecule has 0 aliphatic carbocycles. The van der Waals surface area contributed by atoms with Crippen LogP contribution in [0, 0.1) is 5.41 Å². The highest BCUT2D eigenvalue weighted by molar-refractivity contribution is 5.82. The molecule has 3 nitrogen and oxygen atoms in total. The fourth-order valence-corrected chi connectivity index (χ4v) is 1.55. The first kappa shape index (κ1) is 10.5. The van der Waals surface area contributed by atoms with Crippen LogP contribution in [0.25, 0.3) is 0 Å². The van der Waals surface area contributed by atoms with Crippen molar-refractivity contribution in [1.82, 2.24) is 4.90 Å². The van der Waals surface area contributed by atoms with E-state index in [1.807, 2.05) is 25.7 Å². The Hall–Kier alpha value is -0.570. The second kappa shape index (κ2) is 3.66. The molecule has 1 rings (SSSR count). The molecule has 0 aromatic heterocycles. The predicted octanol–water partition coefficient (Wildman–Crippen LogP) is 0.982. The summed E-state index contributed by atoms with van der Waals surface area (Å²) in [4.78, 5) is 13.8. The van der Waals surface area contributed by atoms with Crippen LogP contribution in [0.2, 0.25) is 0 Å². The minimum Gasteiger partial charge on any atom is -0.341 e. The lowest BCUT2D eigenvalue weighted by molar-refractivity contribution is -0.139. The van der Waals surface area contributed by atoms with Crippen LogP contribution in [0.15, 0.2) is 0 Å². The number of likely N-dealkylation sites (tertiary alicyclic amines) is 1. The van der Waals surface area contributed by atoms with Gasteiger partial charge in [-0.05, 0) is 12.8 Å². The lowest BCUT2D eigenvalue weighted by Gasteiger charge is -2.27. The van der Waals surface area contributed by atoms with Gasteiger partial charge in [0.05, 0.1) is 0 Å². The third-order valence-corrected chi connectivity index (χ3v) is 2.97. The van der Waals surface area contributed by atoms with Gasteiger partial charge in [-0.1, -0.05) is 20.8 Å². The summed E-state index contributed by atoms with van der Waals surface area (Å²) in [6.45, 7) is 7.62. The SMILES string of the molecule is CCC(C)(C)C(=O)N1CCC(N)C1. The van der Waals surface area contributed by atoms with E-state index in [1.165, 1.54) is 0 Å². The normalized spacial score (nSPS) is 23.7. The van der Waals surface area contributed by atoms with Crippen molar-refractivity contribution in [2.45, 2.75) is 39.7 Å². The topological polar surface area (TPSA) is 46.3 Å². The fraction of sp³-hybridized carbons (Fsp3) is 0.900. The molecule has 1 heterocycles. The lowest BCUT2D eigenvalue weighted by atomic mass is 9.89. The molecule has 0 bridgehead atoms. The maximum absolute atomic E-state index is 11.9. The molecule has 1 atom stereocenters. The van der Waals surface area contributed by atoms with Gasteiger partial charge in [-0.3, -0.25) is 4.79 Å². The highest BCUT2D eigenvalue weighted by Crippen LogP contribution is 2.24. The number of amides is 1. The van der Waals surface area contributed by atoms with E-state index >= 15 is 0 Å². The van der Waals surface area contributed by atoms with Gasteiger partial charge in [-0.25, -0.2) is 0 Å².